The van der Waals surface area contributed by atoms with Gasteiger partial charge in [-0.3, -0.25) is 4.79 Å². The summed E-state index contributed by atoms with van der Waals surface area (Å²) in [5.74, 6) is -0.755. The number of aromatic nitrogens is 4. The predicted octanol–water partition coefficient (Wildman–Crippen LogP) is 1.15. The number of H-pyrrole nitrogens is 1. The first kappa shape index (κ1) is 18.1. The Hall–Kier alpha value is -2.27. The van der Waals surface area contributed by atoms with E-state index in [1.54, 1.807) is 20.8 Å². The summed E-state index contributed by atoms with van der Waals surface area (Å²) in [4.78, 5) is 43.1. The third-order valence-electron chi connectivity index (χ3n) is 2.68. The van der Waals surface area contributed by atoms with Crippen molar-refractivity contribution in [1.29, 1.82) is 0 Å². The van der Waals surface area contributed by atoms with E-state index in [9.17, 15) is 14.4 Å². The lowest BCUT2D eigenvalue weighted by Crippen LogP contribution is -2.17. The molecule has 0 unspecified atom stereocenters. The highest BCUT2D eigenvalue weighted by molar-refractivity contribution is 8.00. The summed E-state index contributed by atoms with van der Waals surface area (Å²) in [5.41, 5.74) is 0.456. The molecule has 11 heteroatoms. The van der Waals surface area contributed by atoms with E-state index >= 15 is 0 Å². The number of nitrogens with one attached hydrogen (secondary N) is 2. The Balaban J connectivity index is 1.97. The van der Waals surface area contributed by atoms with Gasteiger partial charge in [0.25, 0.3) is 0 Å². The van der Waals surface area contributed by atoms with Gasteiger partial charge in [-0.05, 0) is 20.8 Å². The Labute approximate surface area is 145 Å². The van der Waals surface area contributed by atoms with Crippen molar-refractivity contribution in [2.75, 3.05) is 17.7 Å². The van der Waals surface area contributed by atoms with Crippen molar-refractivity contribution in [3.8, 4) is 0 Å². The number of thiazole rings is 1. The van der Waals surface area contributed by atoms with E-state index in [0.717, 1.165) is 23.1 Å². The van der Waals surface area contributed by atoms with Gasteiger partial charge in [-0.15, -0.1) is 0 Å². The molecule has 0 saturated carbocycles. The lowest BCUT2D eigenvalue weighted by molar-refractivity contribution is -0.113. The number of nitrogens with zero attached hydrogens (tertiary/aromatic N) is 3. The van der Waals surface area contributed by atoms with Crippen LogP contribution in [0.1, 0.15) is 28.0 Å². The summed E-state index contributed by atoms with van der Waals surface area (Å²) in [6.45, 7) is 5.33. The summed E-state index contributed by atoms with van der Waals surface area (Å²) < 4.78 is 4.92. The van der Waals surface area contributed by atoms with Crippen LogP contribution in [-0.2, 0) is 9.53 Å². The molecule has 24 heavy (non-hydrogen) atoms. The first-order valence-electron chi connectivity index (χ1n) is 6.91. The number of ether oxygens (including phenoxy) is 1. The number of hydrogen-bond acceptors (Lipinski definition) is 9. The van der Waals surface area contributed by atoms with Gasteiger partial charge in [0.05, 0.1) is 23.7 Å². The third-order valence-corrected chi connectivity index (χ3v) is 4.80. The minimum Gasteiger partial charge on any atom is -0.462 e. The minimum absolute atomic E-state index is 0.0341. The lowest BCUT2D eigenvalue weighted by atomic mass is 10.4. The zero-order valence-electron chi connectivity index (χ0n) is 13.2. The van der Waals surface area contributed by atoms with Gasteiger partial charge in [0.1, 0.15) is 9.90 Å². The Bertz CT molecular complexity index is 817. The average molecular weight is 369 g/mol. The molecule has 2 aromatic heterocycles. The maximum absolute atomic E-state index is 12.0. The second-order valence-electron chi connectivity index (χ2n) is 4.52. The molecule has 0 aromatic carbocycles. The number of aromatic amines is 1. The standard InChI is InChI=1S/C13H15N5O4S2/c1-4-22-11(20)9-6(2)14-13(24-9)15-8(19)5-23-10-7(3)17-18-12(21)16-10/h4-5H2,1-3H3,(H,14,15,19)(H,16,18,21). The van der Waals surface area contributed by atoms with Gasteiger partial charge in [-0.2, -0.15) is 10.1 Å². The molecule has 2 N–H and O–H groups in total. The second-order valence-corrected chi connectivity index (χ2v) is 6.49. The molecular formula is C13H15N5O4S2. The first-order valence-corrected chi connectivity index (χ1v) is 8.71. The van der Waals surface area contributed by atoms with Crippen LogP contribution in [0.15, 0.2) is 9.82 Å². The maximum atomic E-state index is 12.0. The molecule has 128 valence electrons. The molecule has 2 aromatic rings. The third kappa shape index (κ3) is 4.61. The Morgan fingerprint density at radius 3 is 2.75 bits per heavy atom. The molecule has 0 aliphatic carbocycles. The smallest absolute Gasteiger partial charge is 0.362 e. The van der Waals surface area contributed by atoms with Crippen LogP contribution in [0.5, 0.6) is 0 Å². The molecule has 0 atom stereocenters. The van der Waals surface area contributed by atoms with Gasteiger partial charge in [-0.1, -0.05) is 23.1 Å². The molecule has 0 fully saturated rings. The Kier molecular flexibility index (Phi) is 6.04. The fourth-order valence-corrected chi connectivity index (χ4v) is 3.26. The number of aryl methyl sites for hydroxylation is 2. The number of esters is 1. The number of thioether (sulfide) groups is 1. The topological polar surface area (TPSA) is 127 Å². The van der Waals surface area contributed by atoms with Crippen LogP contribution in [0, 0.1) is 13.8 Å². The molecule has 0 aliphatic heterocycles. The van der Waals surface area contributed by atoms with E-state index < -0.39 is 11.7 Å². The quantitative estimate of drug-likeness (QED) is 0.573. The van der Waals surface area contributed by atoms with Crippen molar-refractivity contribution < 1.29 is 14.3 Å². The number of carbonyl (C=O) groups excluding carboxylic acids is 2. The van der Waals surface area contributed by atoms with Crippen molar-refractivity contribution in [1.82, 2.24) is 20.2 Å². The van der Waals surface area contributed by atoms with Crippen LogP contribution in [0.2, 0.25) is 0 Å². The summed E-state index contributed by atoms with van der Waals surface area (Å²) in [6, 6.07) is 0. The van der Waals surface area contributed by atoms with Crippen molar-refractivity contribution in [3.63, 3.8) is 0 Å². The Morgan fingerprint density at radius 1 is 1.29 bits per heavy atom. The zero-order chi connectivity index (χ0) is 17.7. The zero-order valence-corrected chi connectivity index (χ0v) is 14.8. The summed E-state index contributed by atoms with van der Waals surface area (Å²) in [5, 5.41) is 9.30. The monoisotopic (exact) mass is 369 g/mol. The molecule has 1 amide bonds. The number of carbonyl (C=O) groups is 2. The van der Waals surface area contributed by atoms with Crippen LogP contribution >= 0.6 is 23.1 Å². The van der Waals surface area contributed by atoms with Gasteiger partial charge in [0.2, 0.25) is 5.91 Å². The Morgan fingerprint density at radius 2 is 2.04 bits per heavy atom. The van der Waals surface area contributed by atoms with Gasteiger partial charge in [-0.25, -0.2) is 19.7 Å². The molecule has 0 aliphatic rings. The minimum atomic E-state index is -0.571. The summed E-state index contributed by atoms with van der Waals surface area (Å²) in [7, 11) is 0. The molecule has 2 heterocycles. The molecule has 0 spiro atoms. The van der Waals surface area contributed by atoms with E-state index in [2.05, 4.69) is 25.5 Å². The van der Waals surface area contributed by atoms with Gasteiger partial charge in [0.15, 0.2) is 5.13 Å². The SMILES string of the molecule is CCOC(=O)c1sc(NC(=O)CSc2nc(=O)[nH]nc2C)nc1C. The highest BCUT2D eigenvalue weighted by atomic mass is 32.2. The van der Waals surface area contributed by atoms with Gasteiger partial charge >= 0.3 is 11.7 Å². The molecule has 0 radical (unpaired) electrons. The number of rotatable bonds is 6. The number of anilines is 1. The van der Waals surface area contributed by atoms with Gasteiger partial charge < -0.3 is 10.1 Å². The van der Waals surface area contributed by atoms with Crippen molar-refractivity contribution in [2.24, 2.45) is 0 Å². The van der Waals surface area contributed by atoms with Crippen LogP contribution < -0.4 is 11.0 Å². The predicted molar refractivity (Wildman–Crippen MR) is 89.6 cm³/mol. The molecule has 0 saturated heterocycles. The highest BCUT2D eigenvalue weighted by Crippen LogP contribution is 2.24. The lowest BCUT2D eigenvalue weighted by Gasteiger charge is -2.02. The molecule has 9 nitrogen and oxygen atoms in total. The van der Waals surface area contributed by atoms with Crippen LogP contribution in [0.3, 0.4) is 0 Å². The van der Waals surface area contributed by atoms with Gasteiger partial charge in [0, 0.05) is 0 Å². The first-order chi connectivity index (χ1) is 11.4. The van der Waals surface area contributed by atoms with E-state index in [1.807, 2.05) is 0 Å². The molecular weight excluding hydrogens is 354 g/mol. The molecule has 0 bridgehead atoms. The highest BCUT2D eigenvalue weighted by Gasteiger charge is 2.17. The molecule has 2 rings (SSSR count). The van der Waals surface area contributed by atoms with Crippen LogP contribution in [-0.4, -0.2) is 44.4 Å². The van der Waals surface area contributed by atoms with E-state index in [4.69, 9.17) is 4.74 Å². The van der Waals surface area contributed by atoms with Crippen LogP contribution in [0.4, 0.5) is 5.13 Å². The van der Waals surface area contributed by atoms with Crippen LogP contribution in [0.25, 0.3) is 0 Å². The van der Waals surface area contributed by atoms with E-state index in [-0.39, 0.29) is 18.3 Å². The average Bonchev–Trinajstić information content (AvgIpc) is 2.89. The summed E-state index contributed by atoms with van der Waals surface area (Å²) in [6.07, 6.45) is 0. The van der Waals surface area contributed by atoms with Crippen molar-refractivity contribution >= 4 is 40.1 Å². The normalized spacial score (nSPS) is 10.5. The van der Waals surface area contributed by atoms with Crippen molar-refractivity contribution in [3.05, 3.63) is 26.7 Å². The van der Waals surface area contributed by atoms with Crippen molar-refractivity contribution in [2.45, 2.75) is 25.8 Å². The van der Waals surface area contributed by atoms with E-state index in [1.165, 1.54) is 0 Å². The number of amides is 1. The summed E-state index contributed by atoms with van der Waals surface area (Å²) >= 11 is 2.15. The second kappa shape index (κ2) is 8.02. The number of hydrogen-bond donors (Lipinski definition) is 2. The maximum Gasteiger partial charge on any atom is 0.362 e. The van der Waals surface area contributed by atoms with E-state index in [0.29, 0.717) is 26.4 Å². The fourth-order valence-electron chi connectivity index (χ4n) is 1.64. The fraction of sp³-hybridized carbons (Fsp3) is 0.385. The largest absolute Gasteiger partial charge is 0.462 e.